The lowest BCUT2D eigenvalue weighted by Crippen LogP contribution is -2.09. The maximum Gasteiger partial charge on any atom is 0.269 e. The summed E-state index contributed by atoms with van der Waals surface area (Å²) in [6.45, 7) is 1.99. The van der Waals surface area contributed by atoms with E-state index in [0.29, 0.717) is 20.6 Å². The zero-order valence-electron chi connectivity index (χ0n) is 15.6. The summed E-state index contributed by atoms with van der Waals surface area (Å²) in [5.41, 5.74) is 3.05. The van der Waals surface area contributed by atoms with E-state index in [9.17, 15) is 9.18 Å². The van der Waals surface area contributed by atoms with Gasteiger partial charge >= 0.3 is 0 Å². The van der Waals surface area contributed by atoms with Crippen molar-refractivity contribution in [3.8, 4) is 27.6 Å². The van der Waals surface area contributed by atoms with Crippen LogP contribution in [0.25, 0.3) is 21.8 Å². The first-order valence-corrected chi connectivity index (χ1v) is 10.4. The van der Waals surface area contributed by atoms with Gasteiger partial charge in [0, 0.05) is 16.5 Å². The molecule has 0 radical (unpaired) electrons. The smallest absolute Gasteiger partial charge is 0.269 e. The predicted octanol–water partition coefficient (Wildman–Crippen LogP) is 5.64. The van der Waals surface area contributed by atoms with Crippen LogP contribution in [0.5, 0.6) is 5.75 Å². The number of aromatic nitrogens is 2. The number of halogens is 1. The van der Waals surface area contributed by atoms with E-state index in [4.69, 9.17) is 4.74 Å². The Kier molecular flexibility index (Phi) is 5.37. The number of carbonyl (C=O) groups excluding carboxylic acids is 1. The number of hydrogen-bond donors (Lipinski definition) is 1. The third-order valence-corrected chi connectivity index (χ3v) is 5.98. The molecule has 0 saturated heterocycles. The molecule has 146 valence electrons. The van der Waals surface area contributed by atoms with Crippen LogP contribution in [-0.4, -0.2) is 23.0 Å². The highest BCUT2D eigenvalue weighted by molar-refractivity contribution is 7.17. The van der Waals surface area contributed by atoms with Gasteiger partial charge in [-0.2, -0.15) is 0 Å². The summed E-state index contributed by atoms with van der Waals surface area (Å²) >= 11 is 2.46. The molecule has 2 heterocycles. The topological polar surface area (TPSA) is 64.1 Å². The largest absolute Gasteiger partial charge is 0.496 e. The molecular formula is C21H16FN3O2S2. The van der Waals surface area contributed by atoms with Crippen LogP contribution in [0.4, 0.5) is 9.52 Å². The van der Waals surface area contributed by atoms with Crippen LogP contribution in [0.3, 0.4) is 0 Å². The highest BCUT2D eigenvalue weighted by Gasteiger charge is 2.16. The minimum atomic E-state index is -0.370. The number of carbonyl (C=O) groups is 1. The number of anilines is 1. The molecule has 0 atom stereocenters. The molecule has 5 nitrogen and oxygen atoms in total. The van der Waals surface area contributed by atoms with E-state index in [2.05, 4.69) is 15.3 Å². The van der Waals surface area contributed by atoms with Crippen molar-refractivity contribution in [2.45, 2.75) is 6.92 Å². The number of ether oxygens (including phenoxy) is 1. The van der Waals surface area contributed by atoms with Crippen LogP contribution in [-0.2, 0) is 0 Å². The standard InChI is InChI=1S/C21H16FN3O2S2/c1-12-7-8-17(27-2)14(9-12)16-11-28-21(24-16)25-19(26)18-10-23-20(29-18)13-5-3-4-6-15(13)22/h3-11H,1-2H3,(H,24,25,26). The molecule has 1 N–H and O–H groups in total. The highest BCUT2D eigenvalue weighted by Crippen LogP contribution is 2.33. The van der Waals surface area contributed by atoms with Crippen molar-refractivity contribution in [2.24, 2.45) is 0 Å². The van der Waals surface area contributed by atoms with E-state index in [0.717, 1.165) is 33.9 Å². The molecule has 1 amide bonds. The number of nitrogens with one attached hydrogen (secondary N) is 1. The number of methoxy groups -OCH3 is 1. The lowest BCUT2D eigenvalue weighted by Gasteiger charge is -2.07. The molecule has 0 unspecified atom stereocenters. The number of aryl methyl sites for hydroxylation is 1. The Bertz CT molecular complexity index is 1190. The minimum Gasteiger partial charge on any atom is -0.496 e. The average Bonchev–Trinajstić information content (AvgIpc) is 3.38. The molecule has 4 rings (SSSR count). The van der Waals surface area contributed by atoms with Crippen LogP contribution < -0.4 is 10.1 Å². The number of benzene rings is 2. The number of thiazole rings is 2. The molecular weight excluding hydrogens is 409 g/mol. The van der Waals surface area contributed by atoms with Crippen LogP contribution in [0.1, 0.15) is 15.2 Å². The van der Waals surface area contributed by atoms with E-state index in [1.54, 1.807) is 25.3 Å². The van der Waals surface area contributed by atoms with Crippen molar-refractivity contribution in [1.29, 1.82) is 0 Å². The number of hydrogen-bond acceptors (Lipinski definition) is 6. The average molecular weight is 426 g/mol. The van der Waals surface area contributed by atoms with E-state index < -0.39 is 0 Å². The minimum absolute atomic E-state index is 0.331. The highest BCUT2D eigenvalue weighted by atomic mass is 32.1. The summed E-state index contributed by atoms with van der Waals surface area (Å²) in [6.07, 6.45) is 1.44. The first kappa shape index (κ1) is 19.2. The third kappa shape index (κ3) is 4.03. The summed E-state index contributed by atoms with van der Waals surface area (Å²) in [5, 5.41) is 5.57. The lowest BCUT2D eigenvalue weighted by atomic mass is 10.1. The second-order valence-corrected chi connectivity index (χ2v) is 8.09. The zero-order valence-corrected chi connectivity index (χ0v) is 17.2. The SMILES string of the molecule is COc1ccc(C)cc1-c1csc(NC(=O)c2cnc(-c3ccccc3F)s2)n1. The molecule has 0 fully saturated rings. The van der Waals surface area contributed by atoms with E-state index in [-0.39, 0.29) is 11.7 Å². The Morgan fingerprint density at radius 1 is 1.17 bits per heavy atom. The molecule has 0 aliphatic heterocycles. The summed E-state index contributed by atoms with van der Waals surface area (Å²) in [4.78, 5) is 21.6. The molecule has 0 saturated carbocycles. The van der Waals surface area contributed by atoms with Gasteiger partial charge in [0.05, 0.1) is 19.0 Å². The quantitative estimate of drug-likeness (QED) is 0.449. The fourth-order valence-electron chi connectivity index (χ4n) is 2.77. The second-order valence-electron chi connectivity index (χ2n) is 6.21. The van der Waals surface area contributed by atoms with Crippen molar-refractivity contribution in [3.05, 3.63) is 70.3 Å². The number of amides is 1. The first-order chi connectivity index (χ1) is 14.0. The van der Waals surface area contributed by atoms with E-state index in [1.807, 2.05) is 30.5 Å². The summed E-state index contributed by atoms with van der Waals surface area (Å²) in [5.74, 6) is 0.0171. The Morgan fingerprint density at radius 3 is 2.79 bits per heavy atom. The summed E-state index contributed by atoms with van der Waals surface area (Å²) in [6, 6.07) is 12.2. The predicted molar refractivity (Wildman–Crippen MR) is 114 cm³/mol. The van der Waals surface area contributed by atoms with E-state index >= 15 is 0 Å². The Hall–Kier alpha value is -3.10. The maximum atomic E-state index is 13.9. The Labute approximate surface area is 174 Å². The van der Waals surface area contributed by atoms with Gasteiger partial charge in [0.15, 0.2) is 5.13 Å². The van der Waals surface area contributed by atoms with Crippen LogP contribution >= 0.6 is 22.7 Å². The second kappa shape index (κ2) is 8.10. The molecule has 2 aromatic heterocycles. The molecule has 0 aliphatic rings. The Balaban J connectivity index is 1.54. The summed E-state index contributed by atoms with van der Waals surface area (Å²) in [7, 11) is 1.61. The van der Waals surface area contributed by atoms with E-state index in [1.165, 1.54) is 23.6 Å². The van der Waals surface area contributed by atoms with Gasteiger partial charge in [0.25, 0.3) is 5.91 Å². The van der Waals surface area contributed by atoms with Crippen LogP contribution in [0, 0.1) is 12.7 Å². The van der Waals surface area contributed by atoms with Gasteiger partial charge in [0.2, 0.25) is 0 Å². The van der Waals surface area contributed by atoms with Crippen molar-refractivity contribution >= 4 is 33.7 Å². The molecule has 0 bridgehead atoms. The van der Waals surface area contributed by atoms with Gasteiger partial charge in [-0.3, -0.25) is 10.1 Å². The molecule has 8 heteroatoms. The zero-order chi connectivity index (χ0) is 20.4. The molecule has 2 aromatic carbocycles. The van der Waals surface area contributed by atoms with Crippen molar-refractivity contribution in [3.63, 3.8) is 0 Å². The molecule has 0 aliphatic carbocycles. The summed E-state index contributed by atoms with van der Waals surface area (Å²) < 4.78 is 19.3. The Morgan fingerprint density at radius 2 is 2.00 bits per heavy atom. The van der Waals surface area contributed by atoms with Gasteiger partial charge in [-0.05, 0) is 31.2 Å². The van der Waals surface area contributed by atoms with Gasteiger partial charge in [-0.1, -0.05) is 23.8 Å². The lowest BCUT2D eigenvalue weighted by molar-refractivity contribution is 0.103. The fourth-order valence-corrected chi connectivity index (χ4v) is 4.32. The molecule has 0 spiro atoms. The maximum absolute atomic E-state index is 13.9. The number of rotatable bonds is 5. The first-order valence-electron chi connectivity index (χ1n) is 8.68. The van der Waals surface area contributed by atoms with Crippen molar-refractivity contribution in [2.75, 3.05) is 12.4 Å². The van der Waals surface area contributed by atoms with Crippen LogP contribution in [0.2, 0.25) is 0 Å². The monoisotopic (exact) mass is 425 g/mol. The van der Waals surface area contributed by atoms with Gasteiger partial charge in [-0.15, -0.1) is 22.7 Å². The van der Waals surface area contributed by atoms with Crippen molar-refractivity contribution < 1.29 is 13.9 Å². The third-order valence-electron chi connectivity index (χ3n) is 4.19. The fraction of sp³-hybridized carbons (Fsp3) is 0.0952. The van der Waals surface area contributed by atoms with Gasteiger partial charge < -0.3 is 4.74 Å². The molecule has 29 heavy (non-hydrogen) atoms. The molecule has 4 aromatic rings. The van der Waals surface area contributed by atoms with Gasteiger partial charge in [0.1, 0.15) is 21.5 Å². The van der Waals surface area contributed by atoms with Crippen molar-refractivity contribution in [1.82, 2.24) is 9.97 Å². The normalized spacial score (nSPS) is 10.7. The number of nitrogens with zero attached hydrogens (tertiary/aromatic N) is 2. The van der Waals surface area contributed by atoms with Crippen LogP contribution in [0.15, 0.2) is 54.0 Å². The van der Waals surface area contributed by atoms with Gasteiger partial charge in [-0.25, -0.2) is 14.4 Å².